The summed E-state index contributed by atoms with van der Waals surface area (Å²) in [5.74, 6) is 1.03. The lowest BCUT2D eigenvalue weighted by Crippen LogP contribution is -2.17. The molecule has 8 rings (SSSR count). The Labute approximate surface area is 318 Å². The minimum Gasteiger partial charge on any atom is -0.507 e. The summed E-state index contributed by atoms with van der Waals surface area (Å²) in [6, 6.07) is 45.3. The highest BCUT2D eigenvalue weighted by molar-refractivity contribution is 5.97. The second-order valence-corrected chi connectivity index (χ2v) is 16.7. The van der Waals surface area contributed by atoms with Crippen LogP contribution in [-0.2, 0) is 17.9 Å². The van der Waals surface area contributed by atoms with Crippen LogP contribution in [0.25, 0.3) is 77.8 Å². The van der Waals surface area contributed by atoms with Crippen molar-refractivity contribution in [2.75, 3.05) is 0 Å². The highest BCUT2D eigenvalue weighted by atomic mass is 16.3. The molecule has 0 atom stereocenters. The summed E-state index contributed by atoms with van der Waals surface area (Å²) in [6.07, 6.45) is 1.99. The Morgan fingerprint density at radius 1 is 0.556 bits per heavy atom. The van der Waals surface area contributed by atoms with Gasteiger partial charge in [-0.25, -0.2) is 4.98 Å². The van der Waals surface area contributed by atoms with Crippen LogP contribution in [0.1, 0.15) is 58.2 Å². The molecule has 8 aromatic rings. The highest BCUT2D eigenvalue weighted by Gasteiger charge is 2.27. The van der Waals surface area contributed by atoms with Gasteiger partial charge in [-0.05, 0) is 110 Å². The standard InChI is InChI=1S/C50H47N3O/c1-31-30-51-44(29-41(31)35-22-21-33-17-12-13-18-34(33)23-35)38-25-36(32-15-10-9-11-16-32)24-37(26-38)40-19-14-20-45-46(40)52-48(53(45)8)42-27-39(49(2,3)4)28-43(47(42)54)50(5,6)7/h9-30,54H,1-8H3. The van der Waals surface area contributed by atoms with Gasteiger partial charge < -0.3 is 9.67 Å². The molecule has 0 amide bonds. The van der Waals surface area contributed by atoms with Gasteiger partial charge in [-0.3, -0.25) is 4.98 Å². The van der Waals surface area contributed by atoms with Gasteiger partial charge in [-0.1, -0.05) is 126 Å². The molecule has 0 spiro atoms. The average Bonchev–Trinajstić information content (AvgIpc) is 3.50. The summed E-state index contributed by atoms with van der Waals surface area (Å²) in [6.45, 7) is 15.2. The van der Waals surface area contributed by atoms with Crippen LogP contribution < -0.4 is 0 Å². The van der Waals surface area contributed by atoms with E-state index < -0.39 is 0 Å². The minimum atomic E-state index is -0.248. The smallest absolute Gasteiger partial charge is 0.144 e. The van der Waals surface area contributed by atoms with E-state index in [1.807, 2.05) is 13.2 Å². The van der Waals surface area contributed by atoms with E-state index in [4.69, 9.17) is 9.97 Å². The van der Waals surface area contributed by atoms with Gasteiger partial charge in [0.25, 0.3) is 0 Å². The molecule has 0 aliphatic carbocycles. The first-order valence-corrected chi connectivity index (χ1v) is 18.8. The van der Waals surface area contributed by atoms with Gasteiger partial charge in [0, 0.05) is 29.9 Å². The highest BCUT2D eigenvalue weighted by Crippen LogP contribution is 2.44. The van der Waals surface area contributed by atoms with E-state index in [0.29, 0.717) is 0 Å². The van der Waals surface area contributed by atoms with E-state index in [1.165, 1.54) is 27.5 Å². The number of hydrogen-bond donors (Lipinski definition) is 1. The molecule has 1 N–H and O–H groups in total. The number of imidazole rings is 1. The Balaban J connectivity index is 1.32. The Morgan fingerprint density at radius 2 is 1.26 bits per heavy atom. The van der Waals surface area contributed by atoms with E-state index in [2.05, 4.69) is 180 Å². The Morgan fingerprint density at radius 3 is 2.00 bits per heavy atom. The molecule has 0 fully saturated rings. The fraction of sp³-hybridized carbons (Fsp3) is 0.200. The monoisotopic (exact) mass is 705 g/mol. The van der Waals surface area contributed by atoms with Gasteiger partial charge in [-0.2, -0.15) is 0 Å². The van der Waals surface area contributed by atoms with Gasteiger partial charge >= 0.3 is 0 Å². The molecular formula is C50H47N3O. The summed E-state index contributed by atoms with van der Waals surface area (Å²) in [5.41, 5.74) is 14.1. The summed E-state index contributed by atoms with van der Waals surface area (Å²) in [4.78, 5) is 10.4. The number of rotatable bonds is 5. The zero-order valence-corrected chi connectivity index (χ0v) is 32.5. The number of aromatic nitrogens is 3. The molecule has 4 nitrogen and oxygen atoms in total. The van der Waals surface area contributed by atoms with Crippen LogP contribution in [0.2, 0.25) is 0 Å². The molecule has 0 aliphatic rings. The van der Waals surface area contributed by atoms with Crippen LogP contribution in [0.4, 0.5) is 0 Å². The summed E-state index contributed by atoms with van der Waals surface area (Å²) in [5, 5.41) is 14.3. The van der Waals surface area contributed by atoms with Gasteiger partial charge in [0.05, 0.1) is 22.3 Å². The summed E-state index contributed by atoms with van der Waals surface area (Å²) < 4.78 is 2.12. The number of aromatic hydroxyl groups is 1. The van der Waals surface area contributed by atoms with Crippen LogP contribution in [0, 0.1) is 6.92 Å². The normalized spacial score (nSPS) is 12.1. The second kappa shape index (κ2) is 13.1. The molecule has 0 unspecified atom stereocenters. The maximum Gasteiger partial charge on any atom is 0.144 e. The second-order valence-electron chi connectivity index (χ2n) is 16.7. The Bertz CT molecular complexity index is 2710. The first-order valence-electron chi connectivity index (χ1n) is 18.8. The number of para-hydroxylation sites is 1. The van der Waals surface area contributed by atoms with E-state index >= 15 is 0 Å². The van der Waals surface area contributed by atoms with Crippen LogP contribution in [0.15, 0.2) is 134 Å². The third kappa shape index (κ3) is 6.36. The fourth-order valence-corrected chi connectivity index (χ4v) is 7.58. The minimum absolute atomic E-state index is 0.106. The van der Waals surface area contributed by atoms with Crippen LogP contribution in [-0.4, -0.2) is 19.6 Å². The number of aryl methyl sites for hydroxylation is 2. The third-order valence-electron chi connectivity index (χ3n) is 10.7. The quantitative estimate of drug-likeness (QED) is 0.194. The van der Waals surface area contributed by atoms with Gasteiger partial charge in [0.1, 0.15) is 11.6 Å². The van der Waals surface area contributed by atoms with Gasteiger partial charge in [0.2, 0.25) is 0 Å². The number of nitrogens with zero attached hydrogens (tertiary/aromatic N) is 3. The molecule has 0 radical (unpaired) electrons. The molecule has 2 heterocycles. The van der Waals surface area contributed by atoms with Crippen LogP contribution >= 0.6 is 0 Å². The van der Waals surface area contributed by atoms with Crippen LogP contribution in [0.5, 0.6) is 5.75 Å². The molecule has 268 valence electrons. The van der Waals surface area contributed by atoms with E-state index in [-0.39, 0.29) is 16.6 Å². The number of phenols is 1. The van der Waals surface area contributed by atoms with Crippen molar-refractivity contribution in [1.82, 2.24) is 14.5 Å². The largest absolute Gasteiger partial charge is 0.507 e. The zero-order valence-electron chi connectivity index (χ0n) is 32.5. The molecule has 0 saturated heterocycles. The zero-order chi connectivity index (χ0) is 37.9. The van der Waals surface area contributed by atoms with Crippen molar-refractivity contribution in [3.8, 4) is 61.8 Å². The molecule has 0 bridgehead atoms. The number of benzene rings is 6. The van der Waals surface area contributed by atoms with Crippen molar-refractivity contribution < 1.29 is 5.11 Å². The number of fused-ring (bicyclic) bond motifs is 2. The molecule has 0 saturated carbocycles. The first-order chi connectivity index (χ1) is 25.8. The third-order valence-corrected chi connectivity index (χ3v) is 10.7. The van der Waals surface area contributed by atoms with E-state index in [9.17, 15) is 5.11 Å². The molecule has 0 aliphatic heterocycles. The van der Waals surface area contributed by atoms with Gasteiger partial charge in [-0.15, -0.1) is 0 Å². The van der Waals surface area contributed by atoms with Crippen molar-refractivity contribution in [3.63, 3.8) is 0 Å². The topological polar surface area (TPSA) is 50.9 Å². The van der Waals surface area contributed by atoms with E-state index in [1.54, 1.807) is 0 Å². The fourth-order valence-electron chi connectivity index (χ4n) is 7.58. The van der Waals surface area contributed by atoms with Crippen molar-refractivity contribution in [3.05, 3.63) is 150 Å². The summed E-state index contributed by atoms with van der Waals surface area (Å²) in [7, 11) is 2.05. The summed E-state index contributed by atoms with van der Waals surface area (Å²) >= 11 is 0. The Kier molecular flexibility index (Phi) is 8.53. The molecule has 54 heavy (non-hydrogen) atoms. The van der Waals surface area contributed by atoms with Crippen molar-refractivity contribution in [2.24, 2.45) is 7.05 Å². The maximum absolute atomic E-state index is 11.8. The number of phenolic OH excluding ortho intramolecular Hbond substituents is 1. The predicted molar refractivity (Wildman–Crippen MR) is 227 cm³/mol. The maximum atomic E-state index is 11.8. The molecule has 6 aromatic carbocycles. The van der Waals surface area contributed by atoms with Crippen molar-refractivity contribution in [1.29, 1.82) is 0 Å². The molecule has 4 heteroatoms. The molecule has 2 aromatic heterocycles. The lowest BCUT2D eigenvalue weighted by Gasteiger charge is -2.27. The SMILES string of the molecule is Cc1cnc(-c2cc(-c3ccccc3)cc(-c3cccc4c3nc(-c3cc(C(C)(C)C)cc(C(C)(C)C)c3O)n4C)c2)cc1-c1ccc2ccccc2c1. The Hall–Kier alpha value is -6.00. The van der Waals surface area contributed by atoms with Crippen molar-refractivity contribution >= 4 is 21.8 Å². The van der Waals surface area contributed by atoms with E-state index in [0.717, 1.165) is 67.1 Å². The average molecular weight is 706 g/mol. The van der Waals surface area contributed by atoms with Crippen molar-refractivity contribution in [2.45, 2.75) is 59.3 Å². The lowest BCUT2D eigenvalue weighted by atomic mass is 9.79. The van der Waals surface area contributed by atoms with Gasteiger partial charge in [0.15, 0.2) is 0 Å². The number of pyridine rings is 1. The first kappa shape index (κ1) is 35.1. The lowest BCUT2D eigenvalue weighted by molar-refractivity contribution is 0.446. The predicted octanol–water partition coefficient (Wildman–Crippen LogP) is 13.1. The number of hydrogen-bond acceptors (Lipinski definition) is 3. The molecular weight excluding hydrogens is 659 g/mol. The van der Waals surface area contributed by atoms with Crippen LogP contribution in [0.3, 0.4) is 0 Å².